The molecule has 0 aliphatic carbocycles. The highest BCUT2D eigenvalue weighted by Gasteiger charge is 2.35. The summed E-state index contributed by atoms with van der Waals surface area (Å²) in [5, 5.41) is 0. The molecule has 0 aliphatic rings. The number of rotatable bonds is 1. The molecule has 5 heteroatoms. The number of alkyl halides is 3. The molecule has 0 unspecified atom stereocenters. The lowest BCUT2D eigenvalue weighted by atomic mass is 10.4. The van der Waals surface area contributed by atoms with E-state index in [-0.39, 0.29) is 0 Å². The molecule has 0 aromatic heterocycles. The van der Waals surface area contributed by atoms with Gasteiger partial charge in [0.2, 0.25) is 0 Å². The molecule has 0 spiro atoms. The van der Waals surface area contributed by atoms with E-state index in [9.17, 15) is 18.0 Å². The van der Waals surface area contributed by atoms with Crippen LogP contribution < -0.4 is 0 Å². The Bertz CT molecular complexity index is 137. The Kier molecular flexibility index (Phi) is 2.90. The van der Waals surface area contributed by atoms with Gasteiger partial charge in [-0.25, -0.2) is 0 Å². The number of carbonyl (C=O) groups excluding carboxylic acids is 1. The minimum atomic E-state index is -4.75. The summed E-state index contributed by atoms with van der Waals surface area (Å²) in [6, 6.07) is 0. The topological polar surface area (TPSA) is 17.1 Å². The van der Waals surface area contributed by atoms with E-state index in [0.717, 1.165) is 4.99 Å². The van der Waals surface area contributed by atoms with Gasteiger partial charge in [-0.1, -0.05) is 15.9 Å². The van der Waals surface area contributed by atoms with Crippen LogP contribution in [0.15, 0.2) is 11.1 Å². The van der Waals surface area contributed by atoms with Crippen molar-refractivity contribution >= 4 is 21.7 Å². The highest BCUT2D eigenvalue weighted by Crippen LogP contribution is 2.16. The molecule has 9 heavy (non-hydrogen) atoms. The van der Waals surface area contributed by atoms with Gasteiger partial charge in [-0.15, -0.1) is 0 Å². The Morgan fingerprint density at radius 2 is 1.89 bits per heavy atom. The SMILES string of the molecule is O=C(/C=C/Br)C(F)(F)F. The van der Waals surface area contributed by atoms with Crippen LogP contribution in [-0.4, -0.2) is 12.0 Å². The predicted octanol–water partition coefficient (Wildman–Crippen LogP) is 2.03. The van der Waals surface area contributed by atoms with Crippen molar-refractivity contribution in [3.8, 4) is 0 Å². The lowest BCUT2D eigenvalue weighted by Crippen LogP contribution is -2.19. The number of carbonyl (C=O) groups is 1. The van der Waals surface area contributed by atoms with Crippen molar-refractivity contribution in [2.45, 2.75) is 6.18 Å². The van der Waals surface area contributed by atoms with E-state index >= 15 is 0 Å². The molecule has 0 amide bonds. The van der Waals surface area contributed by atoms with Gasteiger partial charge in [0, 0.05) is 0 Å². The molecule has 0 atom stereocenters. The number of hydrogen-bond donors (Lipinski definition) is 0. The van der Waals surface area contributed by atoms with Crippen LogP contribution in [0.4, 0.5) is 13.2 Å². The molecule has 0 bridgehead atoms. The fourth-order valence-corrected chi connectivity index (χ4v) is 0.392. The van der Waals surface area contributed by atoms with Crippen molar-refractivity contribution in [2.24, 2.45) is 0 Å². The number of allylic oxidation sites excluding steroid dienone is 1. The molecule has 0 aromatic carbocycles. The summed E-state index contributed by atoms with van der Waals surface area (Å²) in [5.41, 5.74) is 0. The molecule has 0 saturated heterocycles. The van der Waals surface area contributed by atoms with Crippen molar-refractivity contribution in [1.29, 1.82) is 0 Å². The van der Waals surface area contributed by atoms with Crippen LogP contribution in [0, 0.1) is 0 Å². The molecular weight excluding hydrogens is 201 g/mol. The van der Waals surface area contributed by atoms with Gasteiger partial charge in [0.15, 0.2) is 0 Å². The average molecular weight is 203 g/mol. The monoisotopic (exact) mass is 202 g/mol. The Balaban J connectivity index is 4.06. The van der Waals surface area contributed by atoms with E-state index in [1.54, 1.807) is 0 Å². The smallest absolute Gasteiger partial charge is 0.285 e. The summed E-state index contributed by atoms with van der Waals surface area (Å²) in [6.45, 7) is 0. The zero-order valence-electron chi connectivity index (χ0n) is 4.07. The first-order chi connectivity index (χ1) is 3.98. The molecule has 0 aliphatic heterocycles. The fraction of sp³-hybridized carbons (Fsp3) is 0.250. The quantitative estimate of drug-likeness (QED) is 0.595. The van der Waals surface area contributed by atoms with E-state index in [1.165, 1.54) is 0 Å². The summed E-state index contributed by atoms with van der Waals surface area (Å²) in [7, 11) is 0. The molecule has 0 rings (SSSR count). The molecule has 0 heterocycles. The second-order valence-corrected chi connectivity index (χ2v) is 1.68. The third-order valence-electron chi connectivity index (χ3n) is 0.494. The largest absolute Gasteiger partial charge is 0.454 e. The van der Waals surface area contributed by atoms with Crippen LogP contribution in [0.2, 0.25) is 0 Å². The van der Waals surface area contributed by atoms with Crippen molar-refractivity contribution < 1.29 is 18.0 Å². The second kappa shape index (κ2) is 3.00. The summed E-state index contributed by atoms with van der Waals surface area (Å²) < 4.78 is 33.6. The van der Waals surface area contributed by atoms with E-state index in [2.05, 4.69) is 15.9 Å². The molecule has 0 radical (unpaired) electrons. The van der Waals surface area contributed by atoms with Crippen LogP contribution in [0.25, 0.3) is 0 Å². The molecule has 0 aromatic rings. The fourth-order valence-electron chi connectivity index (χ4n) is 0.152. The van der Waals surface area contributed by atoms with Crippen LogP contribution in [0.1, 0.15) is 0 Å². The molecule has 0 fully saturated rings. The Labute approximate surface area is 57.7 Å². The minimum absolute atomic E-state index is 0.403. The van der Waals surface area contributed by atoms with Crippen LogP contribution in [-0.2, 0) is 4.79 Å². The molecule has 0 saturated carbocycles. The van der Waals surface area contributed by atoms with Gasteiger partial charge in [0.05, 0.1) is 0 Å². The Morgan fingerprint density at radius 1 is 1.44 bits per heavy atom. The van der Waals surface area contributed by atoms with Gasteiger partial charge in [-0.3, -0.25) is 4.79 Å². The Morgan fingerprint density at radius 3 is 2.00 bits per heavy atom. The number of halogens is 4. The van der Waals surface area contributed by atoms with Crippen LogP contribution in [0.3, 0.4) is 0 Å². The van der Waals surface area contributed by atoms with Crippen LogP contribution in [0.5, 0.6) is 0 Å². The van der Waals surface area contributed by atoms with Gasteiger partial charge in [-0.2, -0.15) is 13.2 Å². The van der Waals surface area contributed by atoms with Crippen LogP contribution >= 0.6 is 15.9 Å². The van der Waals surface area contributed by atoms with Crippen molar-refractivity contribution in [1.82, 2.24) is 0 Å². The zero-order chi connectivity index (χ0) is 7.49. The molecule has 1 nitrogen and oxygen atoms in total. The van der Waals surface area contributed by atoms with Gasteiger partial charge >= 0.3 is 6.18 Å². The summed E-state index contributed by atoms with van der Waals surface area (Å²) >= 11 is 2.54. The molecule has 0 N–H and O–H groups in total. The second-order valence-electron chi connectivity index (χ2n) is 1.15. The number of ketones is 1. The van der Waals surface area contributed by atoms with E-state index < -0.39 is 12.0 Å². The Hall–Kier alpha value is -0.320. The van der Waals surface area contributed by atoms with Crippen molar-refractivity contribution in [3.63, 3.8) is 0 Å². The third-order valence-corrected chi connectivity index (χ3v) is 0.758. The first-order valence-electron chi connectivity index (χ1n) is 1.86. The molecular formula is C4H2BrF3O. The van der Waals surface area contributed by atoms with E-state index in [1.807, 2.05) is 0 Å². The lowest BCUT2D eigenvalue weighted by molar-refractivity contribution is -0.165. The lowest BCUT2D eigenvalue weighted by Gasteiger charge is -1.97. The molecule has 52 valence electrons. The predicted molar refractivity (Wildman–Crippen MR) is 29.1 cm³/mol. The zero-order valence-corrected chi connectivity index (χ0v) is 5.66. The number of hydrogen-bond acceptors (Lipinski definition) is 1. The van der Waals surface area contributed by atoms with E-state index in [4.69, 9.17) is 0 Å². The highest BCUT2D eigenvalue weighted by atomic mass is 79.9. The summed E-state index contributed by atoms with van der Waals surface area (Å²) in [5.74, 6) is -1.86. The maximum Gasteiger partial charge on any atom is 0.454 e. The van der Waals surface area contributed by atoms with Crippen molar-refractivity contribution in [2.75, 3.05) is 0 Å². The van der Waals surface area contributed by atoms with Gasteiger partial charge < -0.3 is 0 Å². The normalized spacial score (nSPS) is 12.4. The van der Waals surface area contributed by atoms with Gasteiger partial charge in [0.25, 0.3) is 5.78 Å². The standard InChI is InChI=1S/C4H2BrF3O/c5-2-1-3(9)4(6,7)8/h1-2H/b2-1+. The summed E-state index contributed by atoms with van der Waals surface area (Å²) in [4.78, 5) is 10.7. The highest BCUT2D eigenvalue weighted by molar-refractivity contribution is 9.11. The average Bonchev–Trinajstić information content (AvgIpc) is 1.64. The first-order valence-corrected chi connectivity index (χ1v) is 2.78. The third kappa shape index (κ3) is 3.29. The maximum absolute atomic E-state index is 11.2. The summed E-state index contributed by atoms with van der Waals surface area (Å²) in [6.07, 6.45) is -4.34. The minimum Gasteiger partial charge on any atom is -0.285 e. The van der Waals surface area contributed by atoms with Crippen molar-refractivity contribution in [3.05, 3.63) is 11.1 Å². The van der Waals surface area contributed by atoms with Gasteiger partial charge in [0.1, 0.15) is 0 Å². The maximum atomic E-state index is 11.2. The van der Waals surface area contributed by atoms with E-state index in [0.29, 0.717) is 6.08 Å². The first kappa shape index (κ1) is 8.68. The van der Waals surface area contributed by atoms with Gasteiger partial charge in [-0.05, 0) is 11.1 Å².